The first-order valence-corrected chi connectivity index (χ1v) is 12.0. The summed E-state index contributed by atoms with van der Waals surface area (Å²) in [5.41, 5.74) is 9.25. The molecule has 0 bridgehead atoms. The van der Waals surface area contributed by atoms with E-state index in [1.807, 2.05) is 12.4 Å². The summed E-state index contributed by atoms with van der Waals surface area (Å²) in [4.78, 5) is 9.30. The van der Waals surface area contributed by atoms with Gasteiger partial charge >= 0.3 is 0 Å². The molecule has 1 aromatic carbocycles. The van der Waals surface area contributed by atoms with Crippen LogP contribution in [0.5, 0.6) is 0 Å². The van der Waals surface area contributed by atoms with E-state index >= 15 is 0 Å². The average Bonchev–Trinajstić information content (AvgIpc) is 3.22. The van der Waals surface area contributed by atoms with Crippen molar-refractivity contribution >= 4 is 22.7 Å². The Morgan fingerprint density at radius 3 is 2.39 bits per heavy atom. The van der Waals surface area contributed by atoms with Gasteiger partial charge in [0, 0.05) is 18.4 Å². The van der Waals surface area contributed by atoms with E-state index in [0.717, 1.165) is 35.7 Å². The number of hydrogen-bond donors (Lipinski definition) is 2. The summed E-state index contributed by atoms with van der Waals surface area (Å²) in [6, 6.07) is 8.84. The highest BCUT2D eigenvalue weighted by atomic mass is 15.3. The molecule has 3 N–H and O–H groups in total. The Morgan fingerprint density at radius 2 is 1.65 bits per heavy atom. The molecule has 5 rings (SSSR count). The molecule has 0 spiro atoms. The van der Waals surface area contributed by atoms with Crippen LogP contribution in [0.2, 0.25) is 0 Å². The number of hydrogen-bond acceptors (Lipinski definition) is 5. The second kappa shape index (κ2) is 9.35. The smallest absolute Gasteiger partial charge is 0.229 e. The second-order valence-corrected chi connectivity index (χ2v) is 9.50. The molecule has 6 nitrogen and oxygen atoms in total. The van der Waals surface area contributed by atoms with E-state index in [4.69, 9.17) is 10.7 Å². The van der Waals surface area contributed by atoms with Crippen molar-refractivity contribution < 1.29 is 0 Å². The van der Waals surface area contributed by atoms with Crippen molar-refractivity contribution in [2.75, 3.05) is 11.9 Å². The van der Waals surface area contributed by atoms with Crippen molar-refractivity contribution in [1.82, 2.24) is 19.7 Å². The van der Waals surface area contributed by atoms with Crippen molar-refractivity contribution in [3.8, 4) is 0 Å². The predicted molar refractivity (Wildman–Crippen MR) is 125 cm³/mol. The fourth-order valence-electron chi connectivity index (χ4n) is 5.36. The molecule has 6 heteroatoms. The highest BCUT2D eigenvalue weighted by Crippen LogP contribution is 2.33. The van der Waals surface area contributed by atoms with E-state index in [1.54, 1.807) is 0 Å². The van der Waals surface area contributed by atoms with Crippen LogP contribution in [0.25, 0.3) is 11.0 Å². The van der Waals surface area contributed by atoms with Crippen molar-refractivity contribution in [3.05, 3.63) is 42.2 Å². The molecule has 0 aliphatic heterocycles. The number of aromatic nitrogens is 4. The number of nitrogens with two attached hydrogens (primary N) is 1. The highest BCUT2D eigenvalue weighted by molar-refractivity contribution is 5.75. The van der Waals surface area contributed by atoms with Gasteiger partial charge in [-0.05, 0) is 80.5 Å². The zero-order chi connectivity index (χ0) is 21.0. The number of anilines is 2. The molecular weight excluding hydrogens is 384 g/mol. The molecule has 2 heterocycles. The summed E-state index contributed by atoms with van der Waals surface area (Å²) in [6.45, 7) is 1.74. The molecule has 2 saturated carbocycles. The Bertz CT molecular complexity index is 981. The van der Waals surface area contributed by atoms with Crippen molar-refractivity contribution in [2.24, 2.45) is 17.6 Å². The van der Waals surface area contributed by atoms with Crippen LogP contribution >= 0.6 is 0 Å². The van der Waals surface area contributed by atoms with Crippen LogP contribution in [-0.2, 0) is 6.54 Å². The van der Waals surface area contributed by atoms with Gasteiger partial charge < -0.3 is 11.1 Å². The van der Waals surface area contributed by atoms with Crippen LogP contribution in [0, 0.1) is 11.8 Å². The molecule has 2 fully saturated rings. The van der Waals surface area contributed by atoms with Gasteiger partial charge in [-0.1, -0.05) is 31.4 Å². The van der Waals surface area contributed by atoms with E-state index in [9.17, 15) is 0 Å². The van der Waals surface area contributed by atoms with Gasteiger partial charge in [0.2, 0.25) is 5.95 Å². The lowest BCUT2D eigenvalue weighted by molar-refractivity contribution is 0.252. The number of benzene rings is 1. The third-order valence-corrected chi connectivity index (χ3v) is 7.35. The second-order valence-electron chi connectivity index (χ2n) is 9.50. The summed E-state index contributed by atoms with van der Waals surface area (Å²) in [7, 11) is 0. The van der Waals surface area contributed by atoms with E-state index in [0.29, 0.717) is 17.8 Å². The van der Waals surface area contributed by atoms with Crippen LogP contribution in [0.15, 0.2) is 36.7 Å². The predicted octanol–water partition coefficient (Wildman–Crippen LogP) is 5.38. The SMILES string of the molecule is NCC1CCC(Cn2ncc3cnc(Nc4ccc(C5CCCCC5)cc4)nc32)CC1. The molecule has 2 aliphatic carbocycles. The van der Waals surface area contributed by atoms with Gasteiger partial charge in [-0.3, -0.25) is 0 Å². The van der Waals surface area contributed by atoms with Crippen LogP contribution in [0.3, 0.4) is 0 Å². The Hall–Kier alpha value is -2.47. The van der Waals surface area contributed by atoms with Crippen LogP contribution in [-0.4, -0.2) is 26.3 Å². The molecular formula is C25H34N6. The first-order chi connectivity index (χ1) is 15.3. The van der Waals surface area contributed by atoms with Gasteiger partial charge in [-0.2, -0.15) is 10.1 Å². The number of nitrogens with zero attached hydrogens (tertiary/aromatic N) is 4. The average molecular weight is 419 g/mol. The van der Waals surface area contributed by atoms with Gasteiger partial charge in [0.05, 0.1) is 11.6 Å². The molecule has 2 aliphatic rings. The Morgan fingerprint density at radius 1 is 0.903 bits per heavy atom. The third kappa shape index (κ3) is 4.74. The lowest BCUT2D eigenvalue weighted by Gasteiger charge is -2.27. The number of rotatable bonds is 6. The maximum absolute atomic E-state index is 5.84. The molecule has 0 atom stereocenters. The van der Waals surface area contributed by atoms with Gasteiger partial charge in [-0.15, -0.1) is 0 Å². The Balaban J connectivity index is 1.27. The van der Waals surface area contributed by atoms with Gasteiger partial charge in [0.25, 0.3) is 0 Å². The molecule has 0 unspecified atom stereocenters. The first kappa shape index (κ1) is 20.4. The summed E-state index contributed by atoms with van der Waals surface area (Å²) in [6.07, 6.45) is 15.4. The topological polar surface area (TPSA) is 81.7 Å². The minimum atomic E-state index is 0.631. The molecule has 0 saturated heterocycles. The highest BCUT2D eigenvalue weighted by Gasteiger charge is 2.21. The van der Waals surface area contributed by atoms with Crippen LogP contribution < -0.4 is 11.1 Å². The lowest BCUT2D eigenvalue weighted by atomic mass is 9.82. The minimum absolute atomic E-state index is 0.631. The van der Waals surface area contributed by atoms with E-state index in [2.05, 4.69) is 44.3 Å². The molecule has 3 aromatic rings. The van der Waals surface area contributed by atoms with Gasteiger partial charge in [0.1, 0.15) is 0 Å². The Labute approximate surface area is 184 Å². The van der Waals surface area contributed by atoms with Gasteiger partial charge in [0.15, 0.2) is 5.65 Å². The van der Waals surface area contributed by atoms with Crippen LogP contribution in [0.4, 0.5) is 11.6 Å². The molecule has 164 valence electrons. The lowest BCUT2D eigenvalue weighted by Crippen LogP contribution is -2.24. The fourth-order valence-corrected chi connectivity index (χ4v) is 5.36. The number of nitrogens with one attached hydrogen (secondary N) is 1. The monoisotopic (exact) mass is 418 g/mol. The zero-order valence-corrected chi connectivity index (χ0v) is 18.3. The summed E-state index contributed by atoms with van der Waals surface area (Å²) in [5.74, 6) is 2.72. The fraction of sp³-hybridized carbons (Fsp3) is 0.560. The standard InChI is InChI=1S/C25H34N6/c26-14-18-6-8-19(9-7-18)17-31-24-22(16-28-31)15-27-25(30-24)29-23-12-10-21(11-13-23)20-4-2-1-3-5-20/h10-13,15-16,18-20H,1-9,14,17,26H2,(H,27,29,30). The summed E-state index contributed by atoms with van der Waals surface area (Å²) >= 11 is 0. The van der Waals surface area contributed by atoms with Crippen LogP contribution in [0.1, 0.15) is 69.3 Å². The normalized spacial score (nSPS) is 22.6. The summed E-state index contributed by atoms with van der Waals surface area (Å²) in [5, 5.41) is 8.98. The molecule has 0 radical (unpaired) electrons. The largest absolute Gasteiger partial charge is 0.330 e. The quantitative estimate of drug-likeness (QED) is 0.561. The molecule has 0 amide bonds. The minimum Gasteiger partial charge on any atom is -0.330 e. The Kier molecular flexibility index (Phi) is 6.16. The van der Waals surface area contributed by atoms with Gasteiger partial charge in [-0.25, -0.2) is 9.67 Å². The molecule has 31 heavy (non-hydrogen) atoms. The molecule has 2 aromatic heterocycles. The van der Waals surface area contributed by atoms with Crippen molar-refractivity contribution in [1.29, 1.82) is 0 Å². The maximum atomic E-state index is 5.84. The van der Waals surface area contributed by atoms with Crippen molar-refractivity contribution in [2.45, 2.75) is 70.3 Å². The third-order valence-electron chi connectivity index (χ3n) is 7.35. The van der Waals surface area contributed by atoms with E-state index in [1.165, 1.54) is 63.4 Å². The zero-order valence-electron chi connectivity index (χ0n) is 18.3. The number of fused-ring (bicyclic) bond motifs is 1. The first-order valence-electron chi connectivity index (χ1n) is 12.0. The summed E-state index contributed by atoms with van der Waals surface area (Å²) < 4.78 is 2.06. The van der Waals surface area contributed by atoms with E-state index < -0.39 is 0 Å². The van der Waals surface area contributed by atoms with Crippen molar-refractivity contribution in [3.63, 3.8) is 0 Å². The maximum Gasteiger partial charge on any atom is 0.229 e. The van der Waals surface area contributed by atoms with E-state index in [-0.39, 0.29) is 0 Å².